The van der Waals surface area contributed by atoms with Crippen LogP contribution in [0, 0.1) is 6.92 Å². The highest BCUT2D eigenvalue weighted by atomic mass is 32.1. The van der Waals surface area contributed by atoms with E-state index in [4.69, 9.17) is 4.74 Å². The third kappa shape index (κ3) is 4.26. The molecule has 0 saturated carbocycles. The fourth-order valence-electron chi connectivity index (χ4n) is 1.73. The van der Waals surface area contributed by atoms with E-state index in [0.29, 0.717) is 16.1 Å². The number of nitrogens with one attached hydrogen (secondary N) is 1. The normalized spacial score (nSPS) is 10.1. The molecular weight excluding hydrogens is 302 g/mol. The molecule has 6 heteroatoms. The van der Waals surface area contributed by atoms with Crippen molar-refractivity contribution in [2.75, 3.05) is 11.9 Å². The van der Waals surface area contributed by atoms with Gasteiger partial charge in [-0.25, -0.2) is 4.79 Å². The van der Waals surface area contributed by atoms with Crippen molar-refractivity contribution < 1.29 is 19.1 Å². The number of carbonyl (C=O) groups is 3. The minimum atomic E-state index is -0.514. The summed E-state index contributed by atoms with van der Waals surface area (Å²) in [4.78, 5) is 36.0. The van der Waals surface area contributed by atoms with Crippen molar-refractivity contribution in [3.05, 3.63) is 51.7 Å². The highest BCUT2D eigenvalue weighted by Gasteiger charge is 2.12. The summed E-state index contributed by atoms with van der Waals surface area (Å²) in [5.74, 6) is -0.990. The molecule has 0 fully saturated rings. The average molecular weight is 317 g/mol. The first-order valence-electron chi connectivity index (χ1n) is 6.60. The topological polar surface area (TPSA) is 72.5 Å². The molecule has 0 aliphatic carbocycles. The van der Waals surface area contributed by atoms with Crippen molar-refractivity contribution in [2.24, 2.45) is 0 Å². The van der Waals surface area contributed by atoms with Gasteiger partial charge in [-0.15, -0.1) is 11.3 Å². The molecular formula is C16H15NO4S. The van der Waals surface area contributed by atoms with Crippen LogP contribution in [0.25, 0.3) is 0 Å². The van der Waals surface area contributed by atoms with Gasteiger partial charge in [-0.2, -0.15) is 0 Å². The summed E-state index contributed by atoms with van der Waals surface area (Å²) in [6, 6.07) is 9.98. The predicted molar refractivity (Wildman–Crippen MR) is 84.4 cm³/mol. The van der Waals surface area contributed by atoms with Crippen LogP contribution in [0.15, 0.2) is 36.4 Å². The lowest BCUT2D eigenvalue weighted by molar-refractivity contribution is -0.119. The van der Waals surface area contributed by atoms with Crippen molar-refractivity contribution in [3.8, 4) is 0 Å². The van der Waals surface area contributed by atoms with E-state index in [1.165, 1.54) is 18.3 Å². The lowest BCUT2D eigenvalue weighted by atomic mass is 10.1. The Morgan fingerprint density at radius 1 is 1.09 bits per heavy atom. The Kier molecular flexibility index (Phi) is 5.06. The van der Waals surface area contributed by atoms with Crippen molar-refractivity contribution in [1.29, 1.82) is 0 Å². The Morgan fingerprint density at radius 3 is 2.32 bits per heavy atom. The second-order valence-electron chi connectivity index (χ2n) is 4.67. The van der Waals surface area contributed by atoms with Crippen LogP contribution in [-0.2, 0) is 9.53 Å². The smallest absolute Gasteiger partial charge is 0.348 e. The first-order valence-corrected chi connectivity index (χ1v) is 7.42. The number of ether oxygens (including phenoxy) is 1. The van der Waals surface area contributed by atoms with Crippen LogP contribution in [0.2, 0.25) is 0 Å². The zero-order valence-electron chi connectivity index (χ0n) is 12.2. The second-order valence-corrected chi connectivity index (χ2v) is 5.96. The van der Waals surface area contributed by atoms with Crippen molar-refractivity contribution in [1.82, 2.24) is 0 Å². The van der Waals surface area contributed by atoms with Crippen LogP contribution in [0.5, 0.6) is 0 Å². The number of hydrogen-bond donors (Lipinski definition) is 1. The zero-order chi connectivity index (χ0) is 16.1. The van der Waals surface area contributed by atoms with E-state index in [9.17, 15) is 14.4 Å². The van der Waals surface area contributed by atoms with Gasteiger partial charge in [-0.3, -0.25) is 9.59 Å². The fourth-order valence-corrected chi connectivity index (χ4v) is 2.49. The Hall–Kier alpha value is -2.47. The van der Waals surface area contributed by atoms with Crippen LogP contribution in [0.4, 0.5) is 5.69 Å². The zero-order valence-corrected chi connectivity index (χ0v) is 13.0. The molecule has 22 heavy (non-hydrogen) atoms. The van der Waals surface area contributed by atoms with Crippen molar-refractivity contribution in [2.45, 2.75) is 13.8 Å². The number of thiophene rings is 1. The third-order valence-electron chi connectivity index (χ3n) is 2.85. The van der Waals surface area contributed by atoms with Gasteiger partial charge in [0.05, 0.1) is 0 Å². The maximum absolute atomic E-state index is 11.7. The van der Waals surface area contributed by atoms with E-state index in [0.717, 1.165) is 4.88 Å². The Morgan fingerprint density at radius 2 is 1.77 bits per heavy atom. The number of carbonyl (C=O) groups excluding carboxylic acids is 3. The van der Waals surface area contributed by atoms with Gasteiger partial charge in [0, 0.05) is 16.1 Å². The monoisotopic (exact) mass is 317 g/mol. The number of esters is 1. The van der Waals surface area contributed by atoms with Crippen LogP contribution < -0.4 is 5.32 Å². The molecule has 1 amide bonds. The summed E-state index contributed by atoms with van der Waals surface area (Å²) in [5.41, 5.74) is 1.11. The van der Waals surface area contributed by atoms with Gasteiger partial charge in [0.15, 0.2) is 12.4 Å². The number of amides is 1. The first-order chi connectivity index (χ1) is 10.5. The van der Waals surface area contributed by atoms with Crippen LogP contribution >= 0.6 is 11.3 Å². The summed E-state index contributed by atoms with van der Waals surface area (Å²) in [7, 11) is 0. The van der Waals surface area contributed by atoms with E-state index in [2.05, 4.69) is 5.32 Å². The highest BCUT2D eigenvalue weighted by Crippen LogP contribution is 2.16. The number of hydrogen-bond acceptors (Lipinski definition) is 5. The fraction of sp³-hybridized carbons (Fsp3) is 0.188. The second kappa shape index (κ2) is 7.00. The molecule has 1 aromatic carbocycles. The maximum Gasteiger partial charge on any atom is 0.348 e. The number of benzene rings is 1. The Balaban J connectivity index is 1.85. The summed E-state index contributed by atoms with van der Waals surface area (Å²) in [6.07, 6.45) is 0. The van der Waals surface area contributed by atoms with Gasteiger partial charge in [0.2, 0.25) is 0 Å². The van der Waals surface area contributed by atoms with Gasteiger partial charge >= 0.3 is 5.97 Å². The molecule has 0 aliphatic rings. The number of anilines is 1. The minimum absolute atomic E-state index is 0.0435. The van der Waals surface area contributed by atoms with Gasteiger partial charge in [-0.1, -0.05) is 0 Å². The maximum atomic E-state index is 11.7. The molecule has 0 aliphatic heterocycles. The molecule has 2 aromatic rings. The summed E-state index contributed by atoms with van der Waals surface area (Å²) in [6.45, 7) is 3.00. The largest absolute Gasteiger partial charge is 0.451 e. The lowest BCUT2D eigenvalue weighted by Gasteiger charge is -2.06. The van der Waals surface area contributed by atoms with Crippen LogP contribution in [0.1, 0.15) is 31.8 Å². The number of aryl methyl sites for hydroxylation is 1. The Labute approximate surface area is 131 Å². The molecule has 0 radical (unpaired) electrons. The van der Waals surface area contributed by atoms with Crippen molar-refractivity contribution >= 4 is 34.7 Å². The van der Waals surface area contributed by atoms with Crippen LogP contribution in [0.3, 0.4) is 0 Å². The number of rotatable bonds is 5. The minimum Gasteiger partial charge on any atom is -0.451 e. The molecule has 0 bridgehead atoms. The van der Waals surface area contributed by atoms with E-state index in [-0.39, 0.29) is 12.4 Å². The van der Waals surface area contributed by atoms with Gasteiger partial charge in [0.1, 0.15) is 4.88 Å². The van der Waals surface area contributed by atoms with Gasteiger partial charge < -0.3 is 10.1 Å². The molecule has 0 unspecified atom stereocenters. The standard InChI is InChI=1S/C16H15NO4S/c1-10-3-8-14(22-10)16(20)21-9-15(19)17-13-6-4-12(5-7-13)11(2)18/h3-8H,9H2,1-2H3,(H,17,19). The van der Waals surface area contributed by atoms with Gasteiger partial charge in [0.25, 0.3) is 5.91 Å². The molecule has 5 nitrogen and oxygen atoms in total. The molecule has 2 rings (SSSR count). The molecule has 0 spiro atoms. The van der Waals surface area contributed by atoms with Crippen molar-refractivity contribution in [3.63, 3.8) is 0 Å². The number of Topliss-reactive ketones (excluding diaryl/α,β-unsaturated/α-hetero) is 1. The predicted octanol–water partition coefficient (Wildman–Crippen LogP) is 3.05. The third-order valence-corrected chi connectivity index (χ3v) is 3.83. The molecule has 114 valence electrons. The van der Waals surface area contributed by atoms with E-state index in [1.807, 2.05) is 13.0 Å². The number of ketones is 1. The van der Waals surface area contributed by atoms with E-state index < -0.39 is 11.9 Å². The lowest BCUT2D eigenvalue weighted by Crippen LogP contribution is -2.20. The first kappa shape index (κ1) is 15.9. The molecule has 1 N–H and O–H groups in total. The summed E-state index contributed by atoms with van der Waals surface area (Å²) in [5, 5.41) is 2.60. The molecule has 0 saturated heterocycles. The molecule has 0 atom stereocenters. The Bertz CT molecular complexity index is 703. The highest BCUT2D eigenvalue weighted by molar-refractivity contribution is 7.13. The van der Waals surface area contributed by atoms with Gasteiger partial charge in [-0.05, 0) is 50.2 Å². The average Bonchev–Trinajstić information content (AvgIpc) is 2.92. The van der Waals surface area contributed by atoms with E-state index in [1.54, 1.807) is 30.3 Å². The SMILES string of the molecule is CC(=O)c1ccc(NC(=O)COC(=O)c2ccc(C)s2)cc1. The summed E-state index contributed by atoms with van der Waals surface area (Å²) < 4.78 is 4.94. The summed E-state index contributed by atoms with van der Waals surface area (Å²) >= 11 is 1.32. The van der Waals surface area contributed by atoms with Crippen LogP contribution in [-0.4, -0.2) is 24.3 Å². The van der Waals surface area contributed by atoms with E-state index >= 15 is 0 Å². The quantitative estimate of drug-likeness (QED) is 0.679. The molecule has 1 aromatic heterocycles. The molecule has 1 heterocycles.